The van der Waals surface area contributed by atoms with Crippen molar-refractivity contribution in [3.63, 3.8) is 0 Å². The van der Waals surface area contributed by atoms with Crippen LogP contribution < -0.4 is 0 Å². The summed E-state index contributed by atoms with van der Waals surface area (Å²) in [5.41, 5.74) is 0.944. The van der Waals surface area contributed by atoms with Crippen LogP contribution in [0.4, 0.5) is 0 Å². The Labute approximate surface area is 83.5 Å². The number of nitrogens with one attached hydrogen (secondary N) is 1. The van der Waals surface area contributed by atoms with E-state index in [1.165, 1.54) is 6.42 Å². The number of aromatic nitrogens is 2. The maximum absolute atomic E-state index is 7.77. The average molecular weight is 190 g/mol. The van der Waals surface area contributed by atoms with Gasteiger partial charge in [-0.1, -0.05) is 0 Å². The lowest BCUT2D eigenvalue weighted by molar-refractivity contribution is 0.356. The summed E-state index contributed by atoms with van der Waals surface area (Å²) in [5, 5.41) is 15.6. The van der Waals surface area contributed by atoms with E-state index in [1.807, 2.05) is 12.1 Å². The molecule has 2 heterocycles. The summed E-state index contributed by atoms with van der Waals surface area (Å²) in [5.74, 6) is 0.738. The molecule has 0 unspecified atom stereocenters. The quantitative estimate of drug-likeness (QED) is 0.767. The molecule has 0 bridgehead atoms. The second-order valence-corrected chi connectivity index (χ2v) is 3.54. The van der Waals surface area contributed by atoms with Crippen LogP contribution in [-0.2, 0) is 6.54 Å². The van der Waals surface area contributed by atoms with Crippen LogP contribution in [0.1, 0.15) is 25.0 Å². The van der Waals surface area contributed by atoms with Crippen LogP contribution >= 0.6 is 0 Å². The minimum atomic E-state index is 0.729. The Morgan fingerprint density at radius 2 is 2.36 bits per heavy atom. The third kappa shape index (κ3) is 2.07. The van der Waals surface area contributed by atoms with Crippen LogP contribution in [0.2, 0.25) is 0 Å². The zero-order chi connectivity index (χ0) is 9.80. The van der Waals surface area contributed by atoms with Gasteiger partial charge in [-0.15, -0.1) is 0 Å². The summed E-state index contributed by atoms with van der Waals surface area (Å²) in [6, 6.07) is 3.84. The van der Waals surface area contributed by atoms with E-state index in [0.717, 1.165) is 37.5 Å². The lowest BCUT2D eigenvalue weighted by atomic mass is 10.1. The Hall–Kier alpha value is -1.45. The van der Waals surface area contributed by atoms with Crippen LogP contribution in [0.25, 0.3) is 0 Å². The Balaban J connectivity index is 2.00. The van der Waals surface area contributed by atoms with Gasteiger partial charge in [-0.3, -0.25) is 5.41 Å². The van der Waals surface area contributed by atoms with Gasteiger partial charge in [0, 0.05) is 19.2 Å². The molecule has 1 aliphatic rings. The first-order chi connectivity index (χ1) is 6.86. The summed E-state index contributed by atoms with van der Waals surface area (Å²) >= 11 is 0. The van der Waals surface area contributed by atoms with Crippen molar-refractivity contribution in [2.45, 2.75) is 25.8 Å². The molecule has 1 N–H and O–H groups in total. The predicted octanol–water partition coefficient (Wildman–Crippen LogP) is 1.44. The van der Waals surface area contributed by atoms with Gasteiger partial charge in [0.05, 0.1) is 18.1 Å². The minimum absolute atomic E-state index is 0.729. The summed E-state index contributed by atoms with van der Waals surface area (Å²) in [4.78, 5) is 2.08. The average Bonchev–Trinajstić information content (AvgIpc) is 2.23. The third-order valence-corrected chi connectivity index (χ3v) is 2.45. The lowest BCUT2D eigenvalue weighted by Gasteiger charge is -2.28. The highest BCUT2D eigenvalue weighted by Crippen LogP contribution is 2.12. The van der Waals surface area contributed by atoms with E-state index in [4.69, 9.17) is 5.41 Å². The first-order valence-electron chi connectivity index (χ1n) is 4.95. The van der Waals surface area contributed by atoms with Crippen molar-refractivity contribution in [3.8, 4) is 0 Å². The molecule has 0 amide bonds. The highest BCUT2D eigenvalue weighted by molar-refractivity contribution is 5.79. The van der Waals surface area contributed by atoms with Crippen molar-refractivity contribution < 1.29 is 0 Å². The van der Waals surface area contributed by atoms with Crippen LogP contribution in [0.3, 0.4) is 0 Å². The molecule has 14 heavy (non-hydrogen) atoms. The molecule has 1 saturated heterocycles. The van der Waals surface area contributed by atoms with Crippen LogP contribution in [0.15, 0.2) is 18.3 Å². The summed E-state index contributed by atoms with van der Waals surface area (Å²) in [7, 11) is 0. The van der Waals surface area contributed by atoms with Gasteiger partial charge < -0.3 is 4.90 Å². The number of rotatable bonds is 2. The van der Waals surface area contributed by atoms with Gasteiger partial charge in [0.2, 0.25) is 0 Å². The van der Waals surface area contributed by atoms with Gasteiger partial charge >= 0.3 is 0 Å². The Kier molecular flexibility index (Phi) is 2.72. The van der Waals surface area contributed by atoms with E-state index in [-0.39, 0.29) is 0 Å². The smallest absolute Gasteiger partial charge is 0.0961 e. The number of likely N-dealkylation sites (tertiary alicyclic amines) is 1. The van der Waals surface area contributed by atoms with E-state index in [0.29, 0.717) is 0 Å². The monoisotopic (exact) mass is 190 g/mol. The molecule has 1 aromatic rings. The largest absolute Gasteiger partial charge is 0.355 e. The van der Waals surface area contributed by atoms with Crippen LogP contribution in [0.5, 0.6) is 0 Å². The maximum atomic E-state index is 7.77. The number of hydrogen-bond acceptors (Lipinski definition) is 3. The van der Waals surface area contributed by atoms with Gasteiger partial charge in [0.1, 0.15) is 0 Å². The molecule has 0 spiro atoms. The van der Waals surface area contributed by atoms with Gasteiger partial charge in [0.15, 0.2) is 0 Å². The summed E-state index contributed by atoms with van der Waals surface area (Å²) < 4.78 is 0. The highest BCUT2D eigenvalue weighted by Gasteiger charge is 2.15. The molecule has 2 rings (SSSR count). The fourth-order valence-electron chi connectivity index (χ4n) is 1.68. The molecule has 4 heteroatoms. The summed E-state index contributed by atoms with van der Waals surface area (Å²) in [6.45, 7) is 1.71. The zero-order valence-corrected chi connectivity index (χ0v) is 8.11. The van der Waals surface area contributed by atoms with Crippen LogP contribution in [0, 0.1) is 5.41 Å². The lowest BCUT2D eigenvalue weighted by Crippen LogP contribution is -2.34. The second-order valence-electron chi connectivity index (χ2n) is 3.54. The van der Waals surface area contributed by atoms with Crippen molar-refractivity contribution in [1.29, 1.82) is 5.41 Å². The first-order valence-corrected chi connectivity index (χ1v) is 4.95. The van der Waals surface area contributed by atoms with E-state index >= 15 is 0 Å². The number of hydrogen-bond donors (Lipinski definition) is 1. The molecule has 0 radical (unpaired) electrons. The molecule has 1 fully saturated rings. The van der Waals surface area contributed by atoms with E-state index < -0.39 is 0 Å². The fraction of sp³-hybridized carbons (Fsp3) is 0.500. The van der Waals surface area contributed by atoms with Crippen LogP contribution in [-0.4, -0.2) is 27.5 Å². The normalized spacial score (nSPS) is 17.1. The molecule has 0 aliphatic carbocycles. The molecule has 0 saturated carbocycles. The van der Waals surface area contributed by atoms with Gasteiger partial charge in [-0.05, 0) is 25.0 Å². The molecular formula is C10H14N4. The standard InChI is InChI=1S/C10H14N4/c11-10-5-1-2-7-14(10)8-9-4-3-6-12-13-9/h3-4,6,11H,1-2,5,7-8H2. The molecule has 4 nitrogen and oxygen atoms in total. The van der Waals surface area contributed by atoms with E-state index in [9.17, 15) is 0 Å². The zero-order valence-electron chi connectivity index (χ0n) is 8.11. The van der Waals surface area contributed by atoms with E-state index in [2.05, 4.69) is 15.1 Å². The minimum Gasteiger partial charge on any atom is -0.355 e. The van der Waals surface area contributed by atoms with Gasteiger partial charge in [0.25, 0.3) is 0 Å². The molecule has 1 aliphatic heterocycles. The summed E-state index contributed by atoms with van der Waals surface area (Å²) in [6.07, 6.45) is 4.91. The molecule has 0 atom stereocenters. The Morgan fingerprint density at radius 3 is 3.07 bits per heavy atom. The van der Waals surface area contributed by atoms with E-state index in [1.54, 1.807) is 6.20 Å². The highest BCUT2D eigenvalue weighted by atomic mass is 15.2. The van der Waals surface area contributed by atoms with Crippen molar-refractivity contribution in [2.75, 3.05) is 6.54 Å². The maximum Gasteiger partial charge on any atom is 0.0961 e. The molecular weight excluding hydrogens is 176 g/mol. The molecule has 1 aromatic heterocycles. The number of amidine groups is 1. The second kappa shape index (κ2) is 4.17. The predicted molar refractivity (Wildman–Crippen MR) is 54.0 cm³/mol. The van der Waals surface area contributed by atoms with Crippen molar-refractivity contribution in [1.82, 2.24) is 15.1 Å². The van der Waals surface area contributed by atoms with Gasteiger partial charge in [-0.25, -0.2) is 0 Å². The Bertz CT molecular complexity index is 309. The molecule has 0 aromatic carbocycles. The third-order valence-electron chi connectivity index (χ3n) is 2.45. The van der Waals surface area contributed by atoms with Crippen molar-refractivity contribution in [2.24, 2.45) is 0 Å². The topological polar surface area (TPSA) is 52.9 Å². The Morgan fingerprint density at radius 1 is 1.43 bits per heavy atom. The van der Waals surface area contributed by atoms with Gasteiger partial charge in [-0.2, -0.15) is 10.2 Å². The van der Waals surface area contributed by atoms with Crippen molar-refractivity contribution in [3.05, 3.63) is 24.0 Å². The number of piperidine rings is 1. The molecule has 74 valence electrons. The number of nitrogens with zero attached hydrogens (tertiary/aromatic N) is 3. The first kappa shape index (κ1) is 9.12. The fourth-order valence-corrected chi connectivity index (χ4v) is 1.68. The SMILES string of the molecule is N=C1CCCCN1Cc1cccnn1. The van der Waals surface area contributed by atoms with Crippen molar-refractivity contribution >= 4 is 5.84 Å².